The number of hydrogen-bond acceptors (Lipinski definition) is 11. The molecule has 0 radical (unpaired) electrons. The van der Waals surface area contributed by atoms with Crippen LogP contribution in [0.2, 0.25) is 0 Å². The van der Waals surface area contributed by atoms with Gasteiger partial charge < -0.3 is 30.1 Å². The molecule has 3 rings (SSSR count). The molecule has 0 amide bonds. The number of carbonyl (C=O) groups is 1. The zero-order chi connectivity index (χ0) is 40.2. The van der Waals surface area contributed by atoms with E-state index in [2.05, 4.69) is 14.2 Å². The summed E-state index contributed by atoms with van der Waals surface area (Å²) in [5.74, 6) is -3.43. The van der Waals surface area contributed by atoms with Crippen LogP contribution in [0.25, 0.3) is 22.1 Å². The number of hydrogen-bond donors (Lipinski definition) is 2. The molecular formula is C33H37F9N2O8S. The molecule has 20 heteroatoms. The maximum Gasteiger partial charge on any atom is 0.573 e. The number of nitrogens with two attached hydrogens (primary N) is 2. The third-order valence-electron chi connectivity index (χ3n) is 7.16. The number of thioether (sulfide) groups is 1. The Balaban J connectivity index is 1.60. The Morgan fingerprint density at radius 3 is 2.04 bits per heavy atom. The summed E-state index contributed by atoms with van der Waals surface area (Å²) in [6, 6.07) is 8.51. The molecule has 0 aliphatic rings. The lowest BCUT2D eigenvalue weighted by atomic mass is 9.80. The predicted octanol–water partition coefficient (Wildman–Crippen LogP) is 8.03. The third-order valence-corrected chi connectivity index (χ3v) is 8.16. The Morgan fingerprint density at radius 1 is 0.849 bits per heavy atom. The SMILES string of the molecule is COc1ccc(-c2cc3ccc(SCCC(F)(F)OC(F)(F)OC(F)(F)CCOC(=O)C(CC(C)(C)N)C(C)(C)N)cc3oc2=O)c(OC(F)(F)F)c1. The zero-order valence-corrected chi connectivity index (χ0v) is 29.7. The van der Waals surface area contributed by atoms with Gasteiger partial charge in [0.15, 0.2) is 0 Å². The molecular weight excluding hydrogens is 755 g/mol. The van der Waals surface area contributed by atoms with Crippen LogP contribution in [-0.2, 0) is 19.0 Å². The van der Waals surface area contributed by atoms with Crippen molar-refractivity contribution in [1.82, 2.24) is 0 Å². The van der Waals surface area contributed by atoms with E-state index in [-0.39, 0.29) is 39.2 Å². The fourth-order valence-corrected chi connectivity index (χ4v) is 5.67. The van der Waals surface area contributed by atoms with Crippen LogP contribution in [0.3, 0.4) is 0 Å². The molecule has 0 spiro atoms. The molecule has 0 aliphatic carbocycles. The lowest BCUT2D eigenvalue weighted by Gasteiger charge is -2.33. The van der Waals surface area contributed by atoms with Crippen LogP contribution in [0.1, 0.15) is 47.0 Å². The van der Waals surface area contributed by atoms with Crippen LogP contribution in [0.15, 0.2) is 56.6 Å². The molecule has 10 nitrogen and oxygen atoms in total. The highest BCUT2D eigenvalue weighted by Gasteiger charge is 2.52. The Morgan fingerprint density at radius 2 is 1.47 bits per heavy atom. The third kappa shape index (κ3) is 13.9. The van der Waals surface area contributed by atoms with Gasteiger partial charge in [-0.3, -0.25) is 4.79 Å². The minimum absolute atomic E-state index is 0.00114. The maximum atomic E-state index is 14.3. The van der Waals surface area contributed by atoms with Crippen molar-refractivity contribution in [3.05, 3.63) is 52.9 Å². The molecule has 0 saturated heterocycles. The normalized spacial score (nSPS) is 14.0. The van der Waals surface area contributed by atoms with E-state index in [0.717, 1.165) is 12.1 Å². The number of benzene rings is 2. The van der Waals surface area contributed by atoms with E-state index in [0.29, 0.717) is 11.8 Å². The van der Waals surface area contributed by atoms with Crippen LogP contribution in [0.5, 0.6) is 11.5 Å². The van der Waals surface area contributed by atoms with Crippen molar-refractivity contribution in [3.63, 3.8) is 0 Å². The van der Waals surface area contributed by atoms with Gasteiger partial charge in [-0.2, -0.15) is 17.6 Å². The molecule has 0 bridgehead atoms. The summed E-state index contributed by atoms with van der Waals surface area (Å²) < 4.78 is 150. The van der Waals surface area contributed by atoms with E-state index in [1.807, 2.05) is 0 Å². The molecule has 4 N–H and O–H groups in total. The van der Waals surface area contributed by atoms with Gasteiger partial charge in [0.25, 0.3) is 0 Å². The standard InChI is InChI=1S/C33H37F9N2O8S/c1-28(2,43)17-23(29(3,4)44)27(46)48-12-10-30(34,35)51-33(41,42)52-31(36,37)11-13-53-20-8-6-18-14-22(26(45)49-24(18)16-20)21-9-7-19(47-5)15-25(21)50-32(38,39)40/h6-9,14-16,23H,10-13,17,43-44H2,1-5H3. The summed E-state index contributed by atoms with van der Waals surface area (Å²) >= 11 is 0.661. The van der Waals surface area contributed by atoms with Crippen LogP contribution < -0.4 is 26.6 Å². The Labute approximate surface area is 301 Å². The average molecular weight is 793 g/mol. The van der Waals surface area contributed by atoms with Gasteiger partial charge in [-0.15, -0.1) is 33.7 Å². The van der Waals surface area contributed by atoms with Crippen LogP contribution in [0, 0.1) is 5.92 Å². The van der Waals surface area contributed by atoms with E-state index in [4.69, 9.17) is 25.4 Å². The molecule has 1 heterocycles. The highest BCUT2D eigenvalue weighted by atomic mass is 32.2. The number of carbonyl (C=O) groups excluding carboxylic acids is 1. The monoisotopic (exact) mass is 792 g/mol. The topological polar surface area (TPSA) is 145 Å². The molecule has 0 saturated carbocycles. The summed E-state index contributed by atoms with van der Waals surface area (Å²) in [4.78, 5) is 25.4. The summed E-state index contributed by atoms with van der Waals surface area (Å²) in [6.45, 7) is 4.99. The molecule has 0 aliphatic heterocycles. The maximum absolute atomic E-state index is 14.3. The first-order valence-electron chi connectivity index (χ1n) is 15.5. The lowest BCUT2D eigenvalue weighted by Crippen LogP contribution is -2.50. The van der Waals surface area contributed by atoms with Gasteiger partial charge in [0.1, 0.15) is 17.1 Å². The van der Waals surface area contributed by atoms with Gasteiger partial charge in [0, 0.05) is 45.2 Å². The minimum atomic E-state index is -5.48. The van der Waals surface area contributed by atoms with Crippen molar-refractivity contribution in [2.45, 2.75) is 87.8 Å². The quantitative estimate of drug-likeness (QED) is 0.0425. The van der Waals surface area contributed by atoms with Gasteiger partial charge in [0.05, 0.1) is 31.6 Å². The van der Waals surface area contributed by atoms with E-state index in [1.165, 1.54) is 51.3 Å². The van der Waals surface area contributed by atoms with Crippen LogP contribution >= 0.6 is 11.8 Å². The summed E-state index contributed by atoms with van der Waals surface area (Å²) in [6.07, 6.45) is -23.1. The number of halogens is 9. The van der Waals surface area contributed by atoms with E-state index >= 15 is 0 Å². The van der Waals surface area contributed by atoms with Gasteiger partial charge in [0.2, 0.25) is 0 Å². The van der Waals surface area contributed by atoms with Crippen molar-refractivity contribution in [1.29, 1.82) is 0 Å². The van der Waals surface area contributed by atoms with Crippen LogP contribution in [0.4, 0.5) is 39.5 Å². The number of rotatable bonds is 18. The first-order valence-corrected chi connectivity index (χ1v) is 16.5. The average Bonchev–Trinajstić information content (AvgIpc) is 2.96. The first kappa shape index (κ1) is 43.7. The van der Waals surface area contributed by atoms with Gasteiger partial charge >= 0.3 is 36.5 Å². The number of ether oxygens (including phenoxy) is 5. The zero-order valence-electron chi connectivity index (χ0n) is 28.9. The van der Waals surface area contributed by atoms with E-state index < -0.39 is 84.4 Å². The van der Waals surface area contributed by atoms with Gasteiger partial charge in [-0.25, -0.2) is 14.3 Å². The fourth-order valence-electron chi connectivity index (χ4n) is 4.74. The molecule has 3 aromatic rings. The van der Waals surface area contributed by atoms with Gasteiger partial charge in [-0.05, 0) is 64.4 Å². The molecule has 1 unspecified atom stereocenters. The second-order valence-corrected chi connectivity index (χ2v) is 14.3. The van der Waals surface area contributed by atoms with Crippen molar-refractivity contribution < 1.29 is 72.4 Å². The minimum Gasteiger partial charge on any atom is -0.497 e. The largest absolute Gasteiger partial charge is 0.573 e. The Kier molecular flexibility index (Phi) is 13.5. The molecule has 1 aromatic heterocycles. The molecule has 53 heavy (non-hydrogen) atoms. The second-order valence-electron chi connectivity index (χ2n) is 13.1. The highest BCUT2D eigenvalue weighted by molar-refractivity contribution is 7.99. The van der Waals surface area contributed by atoms with Crippen molar-refractivity contribution in [3.8, 4) is 22.6 Å². The number of fused-ring (bicyclic) bond motifs is 1. The first-order chi connectivity index (χ1) is 24.1. The van der Waals surface area contributed by atoms with E-state index in [1.54, 1.807) is 13.8 Å². The highest BCUT2D eigenvalue weighted by Crippen LogP contribution is 2.39. The smallest absolute Gasteiger partial charge is 0.497 e. The van der Waals surface area contributed by atoms with Crippen LogP contribution in [-0.4, -0.2) is 61.4 Å². The summed E-state index contributed by atoms with van der Waals surface area (Å²) in [5, 5.41) is 0.210. The molecule has 2 aromatic carbocycles. The molecule has 296 valence electrons. The summed E-state index contributed by atoms with van der Waals surface area (Å²) in [5.41, 5.74) is 8.04. The second kappa shape index (κ2) is 16.3. The fraction of sp³-hybridized carbons (Fsp3) is 0.515. The van der Waals surface area contributed by atoms with Gasteiger partial charge in [-0.1, -0.05) is 6.07 Å². The molecule has 1 atom stereocenters. The predicted molar refractivity (Wildman–Crippen MR) is 174 cm³/mol. The number of alkyl halides is 9. The lowest BCUT2D eigenvalue weighted by molar-refractivity contribution is -0.514. The van der Waals surface area contributed by atoms with E-state index in [9.17, 15) is 49.1 Å². The number of methoxy groups -OCH3 is 1. The Hall–Kier alpha value is -3.72. The number of esters is 1. The van der Waals surface area contributed by atoms with Crippen molar-refractivity contribution in [2.24, 2.45) is 17.4 Å². The molecule has 0 fully saturated rings. The van der Waals surface area contributed by atoms with Crippen molar-refractivity contribution in [2.75, 3.05) is 19.5 Å². The van der Waals surface area contributed by atoms with Crippen molar-refractivity contribution >= 4 is 28.7 Å². The Bertz CT molecular complexity index is 1790. The summed E-state index contributed by atoms with van der Waals surface area (Å²) in [7, 11) is 1.21.